The number of aliphatic hydroxyl groups excluding tert-OH is 2. The van der Waals surface area contributed by atoms with E-state index in [1.54, 1.807) is 10.1 Å². The van der Waals surface area contributed by atoms with Gasteiger partial charge in [0.05, 0.1) is 55.0 Å². The lowest BCUT2D eigenvalue weighted by Gasteiger charge is -2.17. The second-order valence-electron chi connectivity index (χ2n) is 5.28. The van der Waals surface area contributed by atoms with E-state index >= 15 is 0 Å². The van der Waals surface area contributed by atoms with Gasteiger partial charge in [0, 0.05) is 5.56 Å². The number of ether oxygens (including phenoxy) is 1. The van der Waals surface area contributed by atoms with Crippen LogP contribution in [0.2, 0.25) is 0 Å². The first-order valence-corrected chi connectivity index (χ1v) is 10.9. The van der Waals surface area contributed by atoms with Crippen molar-refractivity contribution < 1.29 is 33.4 Å². The number of carbonyl (C=O) groups excluding carboxylic acids is 1. The number of benzene rings is 1. The maximum absolute atomic E-state index is 14.8. The fourth-order valence-corrected chi connectivity index (χ4v) is 3.97. The molecule has 0 bridgehead atoms. The number of hydroxylamine groups is 1. The van der Waals surface area contributed by atoms with E-state index in [1.165, 1.54) is 0 Å². The number of hydrogen-bond acceptors (Lipinski definition) is 6. The third-order valence-corrected chi connectivity index (χ3v) is 5.79. The highest BCUT2D eigenvalue weighted by atomic mass is 127. The van der Waals surface area contributed by atoms with E-state index in [-0.39, 0.29) is 64.9 Å². The number of aliphatic hydroxyl groups is 2. The Morgan fingerprint density at radius 1 is 1.21 bits per heavy atom. The number of amides is 1. The predicted octanol–water partition coefficient (Wildman–Crippen LogP) is 2.29. The SMILES string of the molecule is O=C(NOCCO)c1cc(COCCO)c(F)c(F)c1NC1=C(Cl)C=IC=C1. The van der Waals surface area contributed by atoms with E-state index < -0.39 is 23.2 Å². The van der Waals surface area contributed by atoms with Crippen molar-refractivity contribution in [3.05, 3.63) is 49.7 Å². The van der Waals surface area contributed by atoms with Crippen LogP contribution >= 0.6 is 32.3 Å². The van der Waals surface area contributed by atoms with Gasteiger partial charge in [-0.25, -0.2) is 14.3 Å². The topological polar surface area (TPSA) is 100 Å². The van der Waals surface area contributed by atoms with Crippen LogP contribution in [0.3, 0.4) is 0 Å². The number of nitrogens with one attached hydrogen (secondary N) is 2. The van der Waals surface area contributed by atoms with E-state index in [9.17, 15) is 13.6 Å². The summed E-state index contributed by atoms with van der Waals surface area (Å²) < 4.78 is 37.9. The summed E-state index contributed by atoms with van der Waals surface area (Å²) in [6.45, 7) is -1.22. The molecule has 2 rings (SSSR count). The standard InChI is InChI=1S/C17H18ClF2IN2O5/c18-12-8-21-2-1-13(12)22-16-11(17(26)23-28-6-4-25)7-10(9-27-5-3-24)14(19)15(16)20/h1-2,7-8,22,24-25H,3-6,9H2,(H,23,26). The zero-order valence-electron chi connectivity index (χ0n) is 14.5. The van der Waals surface area contributed by atoms with E-state index in [0.29, 0.717) is 10.7 Å². The second kappa shape index (κ2) is 11.5. The van der Waals surface area contributed by atoms with Crippen LogP contribution < -0.4 is 10.8 Å². The van der Waals surface area contributed by atoms with Crippen molar-refractivity contribution in [1.29, 1.82) is 0 Å². The van der Waals surface area contributed by atoms with Gasteiger partial charge < -0.3 is 20.3 Å². The summed E-state index contributed by atoms with van der Waals surface area (Å²) in [5.74, 6) is -3.34. The molecule has 11 heteroatoms. The number of rotatable bonds is 10. The third-order valence-electron chi connectivity index (χ3n) is 3.36. The fourth-order valence-electron chi connectivity index (χ4n) is 2.11. The first-order valence-electron chi connectivity index (χ1n) is 8.00. The Hall–Kier alpha value is -1.44. The van der Waals surface area contributed by atoms with Crippen LogP contribution in [0.4, 0.5) is 14.5 Å². The summed E-state index contributed by atoms with van der Waals surface area (Å²) in [5, 5.41) is 20.5. The molecule has 0 unspecified atom stereocenters. The van der Waals surface area contributed by atoms with Gasteiger partial charge in [0.25, 0.3) is 5.91 Å². The van der Waals surface area contributed by atoms with Crippen LogP contribution in [0.15, 0.2) is 27.0 Å². The number of halogens is 4. The molecule has 1 aromatic carbocycles. The lowest BCUT2D eigenvalue weighted by Crippen LogP contribution is -2.27. The van der Waals surface area contributed by atoms with Gasteiger partial charge in [0.15, 0.2) is 11.6 Å². The third kappa shape index (κ3) is 6.03. The minimum absolute atomic E-state index is 0.0750. The minimum Gasteiger partial charge on any atom is -0.394 e. The molecule has 0 aliphatic carbocycles. The van der Waals surface area contributed by atoms with Crippen LogP contribution in [0.25, 0.3) is 0 Å². The molecule has 1 aromatic rings. The molecule has 0 fully saturated rings. The van der Waals surface area contributed by atoms with Gasteiger partial charge in [-0.2, -0.15) is 0 Å². The summed E-state index contributed by atoms with van der Waals surface area (Å²) in [6.07, 6.45) is 1.63. The molecule has 0 atom stereocenters. The van der Waals surface area contributed by atoms with Crippen LogP contribution in [-0.4, -0.2) is 46.6 Å². The van der Waals surface area contributed by atoms with Crippen LogP contribution in [0.5, 0.6) is 0 Å². The van der Waals surface area contributed by atoms with Crippen LogP contribution in [0.1, 0.15) is 15.9 Å². The molecule has 1 aliphatic rings. The molecule has 0 radical (unpaired) electrons. The van der Waals surface area contributed by atoms with Crippen molar-refractivity contribution >= 4 is 47.9 Å². The summed E-state index contributed by atoms with van der Waals surface area (Å²) in [7, 11) is 0. The van der Waals surface area contributed by atoms with E-state index in [1.807, 2.05) is 4.08 Å². The molecule has 28 heavy (non-hydrogen) atoms. The maximum Gasteiger partial charge on any atom is 0.277 e. The van der Waals surface area contributed by atoms with Gasteiger partial charge >= 0.3 is 0 Å². The Labute approximate surface area is 174 Å². The molecule has 4 N–H and O–H groups in total. The van der Waals surface area contributed by atoms with E-state index in [0.717, 1.165) is 6.07 Å². The lowest BCUT2D eigenvalue weighted by atomic mass is 10.1. The Morgan fingerprint density at radius 3 is 2.64 bits per heavy atom. The van der Waals surface area contributed by atoms with Gasteiger partial charge in [-0.05, 0) is 20.2 Å². The van der Waals surface area contributed by atoms with Crippen molar-refractivity contribution in [3.63, 3.8) is 0 Å². The van der Waals surface area contributed by atoms with Gasteiger partial charge in [-0.15, -0.1) is 0 Å². The highest BCUT2D eigenvalue weighted by molar-refractivity contribution is 14.2. The lowest BCUT2D eigenvalue weighted by molar-refractivity contribution is 0.0168. The zero-order chi connectivity index (χ0) is 20.5. The summed E-state index contributed by atoms with van der Waals surface area (Å²) in [5.41, 5.74) is 1.50. The maximum atomic E-state index is 14.8. The molecule has 1 amide bonds. The predicted molar refractivity (Wildman–Crippen MR) is 109 cm³/mol. The van der Waals surface area contributed by atoms with Gasteiger partial charge in [-0.3, -0.25) is 9.63 Å². The van der Waals surface area contributed by atoms with Crippen molar-refractivity contribution in [3.8, 4) is 0 Å². The van der Waals surface area contributed by atoms with Crippen molar-refractivity contribution in [2.24, 2.45) is 0 Å². The first kappa shape index (κ1) is 22.8. The number of carbonyl (C=O) groups is 1. The Balaban J connectivity index is 2.42. The van der Waals surface area contributed by atoms with Gasteiger partial charge in [0.1, 0.15) is 0 Å². The molecule has 0 saturated heterocycles. The molecule has 1 heterocycles. The normalized spacial score (nSPS) is 13.5. The highest BCUT2D eigenvalue weighted by Gasteiger charge is 2.24. The zero-order valence-corrected chi connectivity index (χ0v) is 17.4. The second-order valence-corrected chi connectivity index (χ2v) is 7.75. The van der Waals surface area contributed by atoms with Crippen LogP contribution in [0, 0.1) is 11.6 Å². The van der Waals surface area contributed by atoms with Crippen LogP contribution in [-0.2, 0) is 16.2 Å². The molecule has 1 aliphatic heterocycles. The smallest absolute Gasteiger partial charge is 0.277 e. The number of anilines is 1. The van der Waals surface area contributed by atoms with Gasteiger partial charge in [-0.1, -0.05) is 32.3 Å². The van der Waals surface area contributed by atoms with Crippen molar-refractivity contribution in [2.45, 2.75) is 6.61 Å². The Kier molecular flexibility index (Phi) is 9.41. The fraction of sp³-hybridized carbons (Fsp3) is 0.294. The van der Waals surface area contributed by atoms with E-state index in [4.69, 9.17) is 31.4 Å². The summed E-state index contributed by atoms with van der Waals surface area (Å²) in [4.78, 5) is 17.2. The quantitative estimate of drug-likeness (QED) is 0.211. The molecule has 154 valence electrons. The molecular formula is C17H18ClF2IN2O5. The average molecular weight is 531 g/mol. The van der Waals surface area contributed by atoms with Crippen molar-refractivity contribution in [1.82, 2.24) is 5.48 Å². The molecule has 0 saturated carbocycles. The molecular weight excluding hydrogens is 513 g/mol. The molecule has 0 spiro atoms. The van der Waals surface area contributed by atoms with E-state index in [2.05, 4.69) is 10.8 Å². The Morgan fingerprint density at radius 2 is 1.96 bits per heavy atom. The molecule has 0 aromatic heterocycles. The first-order chi connectivity index (χ1) is 13.5. The monoisotopic (exact) mass is 530 g/mol. The summed E-state index contributed by atoms with van der Waals surface area (Å²) >= 11 is 5.75. The Bertz CT molecular complexity index is 817. The number of allylic oxidation sites excluding steroid dienone is 2. The minimum atomic E-state index is -1.29. The average Bonchev–Trinajstić information content (AvgIpc) is 2.69. The summed E-state index contributed by atoms with van der Waals surface area (Å²) in [6, 6.07) is 1.12. The highest BCUT2D eigenvalue weighted by Crippen LogP contribution is 2.30. The number of hydrogen-bond donors (Lipinski definition) is 4. The van der Waals surface area contributed by atoms with Gasteiger partial charge in [0.2, 0.25) is 0 Å². The largest absolute Gasteiger partial charge is 0.394 e. The molecule has 7 nitrogen and oxygen atoms in total. The van der Waals surface area contributed by atoms with Crippen molar-refractivity contribution in [2.75, 3.05) is 31.7 Å².